The number of unbranched alkanes of at least 4 members (excludes halogenated alkanes) is 6. The van der Waals surface area contributed by atoms with Crippen LogP contribution in [0.5, 0.6) is 0 Å². The number of hydrogen-bond donors (Lipinski definition) is 0. The Morgan fingerprint density at radius 3 is 1.69 bits per heavy atom. The summed E-state index contributed by atoms with van der Waals surface area (Å²) in [6.07, 6.45) is 11.3. The van der Waals surface area contributed by atoms with Gasteiger partial charge in [-0.25, -0.2) is 0 Å². The van der Waals surface area contributed by atoms with Gasteiger partial charge in [-0.1, -0.05) is 65.7 Å². The van der Waals surface area contributed by atoms with Crippen LogP contribution >= 0.6 is 0 Å². The predicted molar refractivity (Wildman–Crippen MR) is 57.2 cm³/mol. The van der Waals surface area contributed by atoms with E-state index in [9.17, 15) is 0 Å². The molecule has 2 radical (unpaired) electrons. The molecule has 0 N–H and O–H groups in total. The van der Waals surface area contributed by atoms with Crippen LogP contribution < -0.4 is 0 Å². The first-order chi connectivity index (χ1) is 5.77. The minimum atomic E-state index is 0. The maximum Gasteiger partial charge on any atom is 0 e. The van der Waals surface area contributed by atoms with E-state index in [2.05, 4.69) is 20.8 Å². The molecule has 0 spiro atoms. The van der Waals surface area contributed by atoms with Gasteiger partial charge in [0.15, 0.2) is 0 Å². The largest absolute Gasteiger partial charge is 0.0654 e. The molecule has 0 heterocycles. The molecule has 0 aromatic carbocycles. The molecule has 0 nitrogen and oxygen atoms in total. The molecule has 13 heavy (non-hydrogen) atoms. The average Bonchev–Trinajstić information content (AvgIpc) is 2.02. The van der Waals surface area contributed by atoms with E-state index in [1.165, 1.54) is 51.4 Å². The first-order valence-electron chi connectivity index (χ1n) is 5.56. The van der Waals surface area contributed by atoms with Crippen molar-refractivity contribution in [2.24, 2.45) is 0 Å². The predicted octanol–water partition coefficient (Wildman–Crippen LogP) is 4.74. The van der Waals surface area contributed by atoms with Gasteiger partial charge in [0, 0.05) is 22.4 Å². The molecule has 0 atom stereocenters. The van der Waals surface area contributed by atoms with E-state index in [0.717, 1.165) is 0 Å². The Hall–Kier alpha value is 0.740. The van der Waals surface area contributed by atoms with Gasteiger partial charge in [-0.2, -0.15) is 0 Å². The molecule has 0 aromatic heterocycles. The molecule has 0 aliphatic carbocycles. The van der Waals surface area contributed by atoms with Crippen molar-refractivity contribution in [3.8, 4) is 0 Å². The van der Waals surface area contributed by atoms with Crippen LogP contribution in [-0.4, -0.2) is 0 Å². The SMILES string of the molecule is CCCCCCCCC[C](C)C.[Au]. The van der Waals surface area contributed by atoms with Crippen molar-refractivity contribution >= 4 is 0 Å². The van der Waals surface area contributed by atoms with Gasteiger partial charge in [-0.3, -0.25) is 0 Å². The average molecular weight is 366 g/mol. The summed E-state index contributed by atoms with van der Waals surface area (Å²) in [5, 5.41) is 0. The summed E-state index contributed by atoms with van der Waals surface area (Å²) in [6.45, 7) is 6.74. The Balaban J connectivity index is 0. The van der Waals surface area contributed by atoms with Gasteiger partial charge in [-0.15, -0.1) is 0 Å². The molecular weight excluding hydrogens is 341 g/mol. The van der Waals surface area contributed by atoms with Crippen molar-refractivity contribution in [2.75, 3.05) is 0 Å². The van der Waals surface area contributed by atoms with Crippen molar-refractivity contribution in [1.29, 1.82) is 0 Å². The summed E-state index contributed by atoms with van der Waals surface area (Å²) in [6, 6.07) is 0. The topological polar surface area (TPSA) is 0 Å². The van der Waals surface area contributed by atoms with E-state index in [-0.39, 0.29) is 22.4 Å². The van der Waals surface area contributed by atoms with Crippen molar-refractivity contribution in [2.45, 2.75) is 72.1 Å². The van der Waals surface area contributed by atoms with Crippen molar-refractivity contribution in [3.05, 3.63) is 5.92 Å². The normalized spacial score (nSPS) is 10.2. The monoisotopic (exact) mass is 366 g/mol. The van der Waals surface area contributed by atoms with Gasteiger partial charge in [0.2, 0.25) is 0 Å². The molecule has 0 rings (SSSR count). The summed E-state index contributed by atoms with van der Waals surface area (Å²) in [4.78, 5) is 0. The van der Waals surface area contributed by atoms with Gasteiger partial charge in [0.1, 0.15) is 0 Å². The molecule has 0 fully saturated rings. The fourth-order valence-electron chi connectivity index (χ4n) is 1.44. The molecule has 0 aliphatic heterocycles. The zero-order chi connectivity index (χ0) is 9.23. The Bertz CT molecular complexity index is 79.2. The standard InChI is InChI=1S/C12H25.Au/c1-4-5-6-7-8-9-10-11-12(2)3;/h4-11H2,1-3H3;. The third-order valence-corrected chi connectivity index (χ3v) is 2.28. The molecule has 0 saturated carbocycles. The summed E-state index contributed by atoms with van der Waals surface area (Å²) >= 11 is 0. The van der Waals surface area contributed by atoms with Crippen LogP contribution in [-0.2, 0) is 22.4 Å². The molecule has 0 amide bonds. The van der Waals surface area contributed by atoms with Crippen LogP contribution in [0.25, 0.3) is 0 Å². The molecule has 0 bridgehead atoms. The summed E-state index contributed by atoms with van der Waals surface area (Å²) in [5.74, 6) is 1.59. The smallest absolute Gasteiger partial charge is 0 e. The third kappa shape index (κ3) is 15.5. The Kier molecular flexibility index (Phi) is 15.9. The molecule has 0 unspecified atom stereocenters. The van der Waals surface area contributed by atoms with Gasteiger partial charge >= 0.3 is 0 Å². The Morgan fingerprint density at radius 2 is 1.23 bits per heavy atom. The zero-order valence-corrected chi connectivity index (χ0v) is 11.6. The van der Waals surface area contributed by atoms with Crippen LogP contribution in [0.15, 0.2) is 0 Å². The maximum absolute atomic E-state index is 2.27. The zero-order valence-electron chi connectivity index (χ0n) is 9.46. The molecule has 0 aliphatic rings. The third-order valence-electron chi connectivity index (χ3n) is 2.28. The second kappa shape index (κ2) is 12.7. The number of rotatable bonds is 8. The van der Waals surface area contributed by atoms with Crippen LogP contribution in [0.2, 0.25) is 0 Å². The van der Waals surface area contributed by atoms with Gasteiger partial charge in [0.25, 0.3) is 0 Å². The first kappa shape index (κ1) is 16.2. The molecule has 0 saturated heterocycles. The summed E-state index contributed by atoms with van der Waals surface area (Å²) < 4.78 is 0. The first-order valence-corrected chi connectivity index (χ1v) is 5.56. The summed E-state index contributed by atoms with van der Waals surface area (Å²) in [7, 11) is 0. The second-order valence-corrected chi connectivity index (χ2v) is 4.08. The van der Waals surface area contributed by atoms with E-state index >= 15 is 0 Å². The van der Waals surface area contributed by atoms with E-state index in [0.29, 0.717) is 0 Å². The van der Waals surface area contributed by atoms with Crippen molar-refractivity contribution in [1.82, 2.24) is 0 Å². The van der Waals surface area contributed by atoms with Gasteiger partial charge in [-0.05, 0) is 12.3 Å². The summed E-state index contributed by atoms with van der Waals surface area (Å²) in [5.41, 5.74) is 0. The molecule has 0 aromatic rings. The van der Waals surface area contributed by atoms with Crippen LogP contribution in [0.3, 0.4) is 0 Å². The maximum atomic E-state index is 2.27. The van der Waals surface area contributed by atoms with E-state index in [4.69, 9.17) is 0 Å². The van der Waals surface area contributed by atoms with Gasteiger partial charge < -0.3 is 0 Å². The second-order valence-electron chi connectivity index (χ2n) is 4.08. The van der Waals surface area contributed by atoms with Crippen LogP contribution in [0.1, 0.15) is 72.1 Å². The van der Waals surface area contributed by atoms with E-state index in [1.54, 1.807) is 5.92 Å². The van der Waals surface area contributed by atoms with Crippen LogP contribution in [0, 0.1) is 5.92 Å². The fourth-order valence-corrected chi connectivity index (χ4v) is 1.44. The van der Waals surface area contributed by atoms with E-state index < -0.39 is 0 Å². The quantitative estimate of drug-likeness (QED) is 0.430. The van der Waals surface area contributed by atoms with E-state index in [1.807, 2.05) is 0 Å². The van der Waals surface area contributed by atoms with Crippen molar-refractivity contribution < 1.29 is 22.4 Å². The fraction of sp³-hybridized carbons (Fsp3) is 0.917. The minimum absolute atomic E-state index is 0. The van der Waals surface area contributed by atoms with Crippen LogP contribution in [0.4, 0.5) is 0 Å². The molecule has 84 valence electrons. The Labute approximate surface area is 100 Å². The minimum Gasteiger partial charge on any atom is -0.0654 e. The Morgan fingerprint density at radius 1 is 0.769 bits per heavy atom. The number of hydrogen-bond acceptors (Lipinski definition) is 0. The molecular formula is C12H25Au. The molecule has 1 heteroatoms. The van der Waals surface area contributed by atoms with Crippen molar-refractivity contribution in [3.63, 3.8) is 0 Å². The van der Waals surface area contributed by atoms with Gasteiger partial charge in [0.05, 0.1) is 0 Å².